The summed E-state index contributed by atoms with van der Waals surface area (Å²) >= 11 is 3.38. The van der Waals surface area contributed by atoms with Crippen LogP contribution in [0.2, 0.25) is 0 Å². The molecule has 134 valence electrons. The van der Waals surface area contributed by atoms with Crippen LogP contribution in [0.5, 0.6) is 11.5 Å². The second-order valence-corrected chi connectivity index (χ2v) is 6.84. The molecule has 0 unspecified atom stereocenters. The van der Waals surface area contributed by atoms with Crippen molar-refractivity contribution in [3.63, 3.8) is 0 Å². The number of esters is 1. The van der Waals surface area contributed by atoms with Crippen molar-refractivity contribution in [1.82, 2.24) is 0 Å². The Morgan fingerprint density at radius 3 is 2.59 bits per heavy atom. The van der Waals surface area contributed by atoms with Crippen LogP contribution in [0.1, 0.15) is 32.0 Å². The Labute approximate surface area is 163 Å². The van der Waals surface area contributed by atoms with Crippen molar-refractivity contribution in [2.45, 2.75) is 6.92 Å². The number of hydrogen-bond donors (Lipinski definition) is 0. The van der Waals surface area contributed by atoms with Crippen molar-refractivity contribution in [2.75, 3.05) is 0 Å². The number of ether oxygens (including phenoxy) is 2. The maximum absolute atomic E-state index is 12.6. The minimum Gasteiger partial charge on any atom is -0.457 e. The summed E-state index contributed by atoms with van der Waals surface area (Å²) in [5.74, 6) is 0.214. The molecular formula is C21H13BrO5. The van der Waals surface area contributed by atoms with Gasteiger partial charge in [-0.3, -0.25) is 4.79 Å². The lowest BCUT2D eigenvalue weighted by Crippen LogP contribution is -2.08. The van der Waals surface area contributed by atoms with Gasteiger partial charge in [-0.15, -0.1) is 0 Å². The molecule has 0 fully saturated rings. The smallest absolute Gasteiger partial charge is 0.379 e. The van der Waals surface area contributed by atoms with Gasteiger partial charge in [-0.2, -0.15) is 0 Å². The number of allylic oxidation sites excluding steroid dienone is 1. The first kappa shape index (κ1) is 17.3. The summed E-state index contributed by atoms with van der Waals surface area (Å²) in [6, 6.07) is 13.8. The van der Waals surface area contributed by atoms with E-state index in [2.05, 4.69) is 15.9 Å². The first-order valence-electron chi connectivity index (χ1n) is 8.12. The molecular weight excluding hydrogens is 412 g/mol. The maximum Gasteiger partial charge on any atom is 0.379 e. The van der Waals surface area contributed by atoms with E-state index in [-0.39, 0.29) is 17.3 Å². The van der Waals surface area contributed by atoms with Crippen molar-refractivity contribution in [2.24, 2.45) is 0 Å². The normalized spacial score (nSPS) is 14.1. The number of carbonyl (C=O) groups is 2. The summed E-state index contributed by atoms with van der Waals surface area (Å²) < 4.78 is 17.1. The Kier molecular flexibility index (Phi) is 4.41. The van der Waals surface area contributed by atoms with Gasteiger partial charge in [0, 0.05) is 10.0 Å². The fourth-order valence-electron chi connectivity index (χ4n) is 2.73. The standard InChI is InChI=1S/C21H13BrO5/c1-12-16(27-21(24)17-3-2-10-25-17)9-8-15-19(23)18(26-20(12)15)11-13-4-6-14(22)7-5-13/h2-11H,1H3/b18-11-. The number of benzene rings is 2. The zero-order valence-electron chi connectivity index (χ0n) is 14.2. The highest BCUT2D eigenvalue weighted by molar-refractivity contribution is 9.10. The number of carbonyl (C=O) groups excluding carboxylic acids is 2. The van der Waals surface area contributed by atoms with E-state index in [1.165, 1.54) is 12.3 Å². The van der Waals surface area contributed by atoms with E-state index in [1.807, 2.05) is 24.3 Å². The number of hydrogen-bond acceptors (Lipinski definition) is 5. The number of ketones is 1. The largest absolute Gasteiger partial charge is 0.457 e. The highest BCUT2D eigenvalue weighted by Gasteiger charge is 2.30. The van der Waals surface area contributed by atoms with Gasteiger partial charge in [-0.25, -0.2) is 4.79 Å². The van der Waals surface area contributed by atoms with Gasteiger partial charge in [0.1, 0.15) is 11.5 Å². The van der Waals surface area contributed by atoms with Crippen molar-refractivity contribution < 1.29 is 23.5 Å². The van der Waals surface area contributed by atoms with Gasteiger partial charge in [-0.1, -0.05) is 28.1 Å². The molecule has 2 heterocycles. The van der Waals surface area contributed by atoms with Gasteiger partial charge in [0.2, 0.25) is 11.5 Å². The monoisotopic (exact) mass is 424 g/mol. The van der Waals surface area contributed by atoms with Crippen LogP contribution >= 0.6 is 15.9 Å². The van der Waals surface area contributed by atoms with Gasteiger partial charge >= 0.3 is 5.97 Å². The molecule has 2 aromatic carbocycles. The van der Waals surface area contributed by atoms with E-state index < -0.39 is 5.97 Å². The van der Waals surface area contributed by atoms with Gasteiger partial charge in [-0.05, 0) is 55.0 Å². The van der Waals surface area contributed by atoms with Crippen LogP contribution in [-0.4, -0.2) is 11.8 Å². The lowest BCUT2D eigenvalue weighted by molar-refractivity contribution is 0.0700. The average Bonchev–Trinajstić information content (AvgIpc) is 3.29. The molecule has 0 amide bonds. The first-order valence-corrected chi connectivity index (χ1v) is 8.91. The summed E-state index contributed by atoms with van der Waals surface area (Å²) in [5, 5.41) is 0. The second-order valence-electron chi connectivity index (χ2n) is 5.92. The molecule has 0 bridgehead atoms. The predicted octanol–water partition coefficient (Wildman–Crippen LogP) is 5.19. The molecule has 27 heavy (non-hydrogen) atoms. The minimum atomic E-state index is -0.613. The summed E-state index contributed by atoms with van der Waals surface area (Å²) in [6.45, 7) is 1.74. The summed E-state index contributed by atoms with van der Waals surface area (Å²) in [4.78, 5) is 24.7. The molecule has 1 aliphatic heterocycles. The number of halogens is 1. The molecule has 0 aliphatic carbocycles. The van der Waals surface area contributed by atoms with E-state index in [4.69, 9.17) is 13.9 Å². The zero-order valence-corrected chi connectivity index (χ0v) is 15.8. The molecule has 4 rings (SSSR count). The van der Waals surface area contributed by atoms with E-state index in [9.17, 15) is 9.59 Å². The summed E-state index contributed by atoms with van der Waals surface area (Å²) in [5.41, 5.74) is 1.85. The fraction of sp³-hybridized carbons (Fsp3) is 0.0476. The molecule has 3 aromatic rings. The SMILES string of the molecule is Cc1c(OC(=O)c2ccco2)ccc2c1O/C(=C\c1ccc(Br)cc1)C2=O. The maximum atomic E-state index is 12.6. The van der Waals surface area contributed by atoms with Gasteiger partial charge < -0.3 is 13.9 Å². The van der Waals surface area contributed by atoms with E-state index in [1.54, 1.807) is 31.2 Å². The summed E-state index contributed by atoms with van der Waals surface area (Å²) in [6.07, 6.45) is 3.08. The van der Waals surface area contributed by atoms with E-state index in [0.717, 1.165) is 10.0 Å². The quantitative estimate of drug-likeness (QED) is 0.329. The molecule has 0 spiro atoms. The molecule has 0 saturated heterocycles. The van der Waals surface area contributed by atoms with Crippen LogP contribution in [-0.2, 0) is 0 Å². The van der Waals surface area contributed by atoms with Crippen LogP contribution in [0.3, 0.4) is 0 Å². The van der Waals surface area contributed by atoms with Gasteiger partial charge in [0.15, 0.2) is 5.76 Å². The number of furan rings is 1. The van der Waals surface area contributed by atoms with E-state index in [0.29, 0.717) is 22.6 Å². The second kappa shape index (κ2) is 6.89. The highest BCUT2D eigenvalue weighted by Crippen LogP contribution is 2.39. The van der Waals surface area contributed by atoms with Crippen LogP contribution in [0.4, 0.5) is 0 Å². The Balaban J connectivity index is 1.62. The first-order chi connectivity index (χ1) is 13.0. The Morgan fingerprint density at radius 1 is 1.11 bits per heavy atom. The Morgan fingerprint density at radius 2 is 1.89 bits per heavy atom. The van der Waals surface area contributed by atoms with Crippen molar-refractivity contribution in [3.8, 4) is 11.5 Å². The minimum absolute atomic E-state index is 0.0997. The molecule has 1 aliphatic rings. The fourth-order valence-corrected chi connectivity index (χ4v) is 3.00. The molecule has 0 atom stereocenters. The number of fused-ring (bicyclic) bond motifs is 1. The van der Waals surface area contributed by atoms with Crippen LogP contribution in [0.25, 0.3) is 6.08 Å². The molecule has 0 radical (unpaired) electrons. The van der Waals surface area contributed by atoms with Crippen molar-refractivity contribution >= 4 is 33.8 Å². The molecule has 1 aromatic heterocycles. The highest BCUT2D eigenvalue weighted by atomic mass is 79.9. The van der Waals surface area contributed by atoms with Crippen molar-refractivity contribution in [3.05, 3.63) is 87.5 Å². The average molecular weight is 425 g/mol. The van der Waals surface area contributed by atoms with Gasteiger partial charge in [0.25, 0.3) is 0 Å². The molecule has 0 N–H and O–H groups in total. The van der Waals surface area contributed by atoms with Crippen LogP contribution in [0.15, 0.2) is 69.4 Å². The third-order valence-corrected chi connectivity index (χ3v) is 4.66. The Hall–Kier alpha value is -3.12. The summed E-state index contributed by atoms with van der Waals surface area (Å²) in [7, 11) is 0. The molecule has 0 saturated carbocycles. The third-order valence-electron chi connectivity index (χ3n) is 4.13. The predicted molar refractivity (Wildman–Crippen MR) is 102 cm³/mol. The number of rotatable bonds is 3. The topological polar surface area (TPSA) is 65.7 Å². The molecule has 6 heteroatoms. The van der Waals surface area contributed by atoms with E-state index >= 15 is 0 Å². The lowest BCUT2D eigenvalue weighted by atomic mass is 10.1. The third kappa shape index (κ3) is 3.31. The lowest BCUT2D eigenvalue weighted by Gasteiger charge is -2.09. The van der Waals surface area contributed by atoms with Crippen LogP contribution in [0, 0.1) is 6.92 Å². The Bertz CT molecular complexity index is 1060. The van der Waals surface area contributed by atoms with Crippen molar-refractivity contribution in [1.29, 1.82) is 0 Å². The zero-order chi connectivity index (χ0) is 19.0. The molecule has 5 nitrogen and oxygen atoms in total. The number of Topliss-reactive ketones (excluding diaryl/α,β-unsaturated/α-hetero) is 1. The van der Waals surface area contributed by atoms with Gasteiger partial charge in [0.05, 0.1) is 11.8 Å². The van der Waals surface area contributed by atoms with Crippen LogP contribution < -0.4 is 9.47 Å².